The molecule has 1 heterocycles. The number of halogens is 1. The fraction of sp³-hybridized carbons (Fsp3) is 0.462. The summed E-state index contributed by atoms with van der Waals surface area (Å²) in [6.45, 7) is -0.168. The Bertz CT molecular complexity index is 1130. The number of aliphatic carboxylic acids is 1. The molecule has 1 aliphatic heterocycles. The molecule has 0 radical (unpaired) electrons. The number of carbonyl (C=O) groups is 2. The Labute approximate surface area is 230 Å². The van der Waals surface area contributed by atoms with E-state index in [1.807, 2.05) is 6.07 Å². The number of carboxylic acid groups (broad SMARTS) is 1. The number of amides is 1. The van der Waals surface area contributed by atoms with Crippen LogP contribution in [0, 0.1) is 0 Å². The number of methoxy groups -OCH3 is 2. The predicted molar refractivity (Wildman–Crippen MR) is 137 cm³/mol. The molecule has 5 N–H and O–H groups in total. The average Bonchev–Trinajstić information content (AvgIpc) is 2.93. The number of aliphatic hydroxyl groups is 3. The molecule has 0 bridgehead atoms. The molecule has 0 aromatic heterocycles. The fourth-order valence-corrected chi connectivity index (χ4v) is 4.18. The summed E-state index contributed by atoms with van der Waals surface area (Å²) in [4.78, 5) is 23.7. The summed E-state index contributed by atoms with van der Waals surface area (Å²) in [5.41, 5.74) is 0.798. The van der Waals surface area contributed by atoms with Crippen LogP contribution >= 0.6 is 11.6 Å². The maximum atomic E-state index is 13.1. The Morgan fingerprint density at radius 2 is 1.85 bits per heavy atom. The summed E-state index contributed by atoms with van der Waals surface area (Å²) < 4.78 is 27.4. The van der Waals surface area contributed by atoms with Crippen LogP contribution in [0.15, 0.2) is 36.4 Å². The minimum absolute atomic E-state index is 0.0191. The number of aliphatic hydroxyl groups excluding tert-OH is 3. The first-order valence-corrected chi connectivity index (χ1v) is 12.5. The normalized spacial score (nSPS) is 22.7. The highest BCUT2D eigenvalue weighted by Crippen LogP contribution is 2.34. The van der Waals surface area contributed by atoms with Gasteiger partial charge in [-0.15, -0.1) is 0 Å². The maximum Gasteiger partial charge on any atom is 0.303 e. The summed E-state index contributed by atoms with van der Waals surface area (Å²) >= 11 is 6.40. The first-order valence-electron chi connectivity index (χ1n) is 12.1. The molecule has 1 amide bonds. The quantitative estimate of drug-likeness (QED) is 0.220. The van der Waals surface area contributed by atoms with Gasteiger partial charge in [0.15, 0.2) is 6.29 Å². The van der Waals surface area contributed by atoms with E-state index < -0.39 is 49.1 Å². The van der Waals surface area contributed by atoms with E-state index in [1.165, 1.54) is 26.4 Å². The molecule has 1 saturated heterocycles. The van der Waals surface area contributed by atoms with Gasteiger partial charge in [0.25, 0.3) is 5.91 Å². The first kappa shape index (κ1) is 30.4. The van der Waals surface area contributed by atoms with Gasteiger partial charge < -0.3 is 49.4 Å². The van der Waals surface area contributed by atoms with Crippen molar-refractivity contribution in [3.8, 4) is 17.2 Å². The van der Waals surface area contributed by atoms with Gasteiger partial charge in [0.1, 0.15) is 48.2 Å². The van der Waals surface area contributed by atoms with Crippen molar-refractivity contribution in [2.45, 2.75) is 50.1 Å². The van der Waals surface area contributed by atoms with E-state index in [4.69, 9.17) is 40.4 Å². The van der Waals surface area contributed by atoms with Crippen LogP contribution in [-0.4, -0.2) is 90.4 Å². The highest BCUT2D eigenvalue weighted by atomic mass is 35.5. The monoisotopic (exact) mass is 569 g/mol. The number of benzene rings is 2. The van der Waals surface area contributed by atoms with Gasteiger partial charge in [-0.1, -0.05) is 23.7 Å². The summed E-state index contributed by atoms with van der Waals surface area (Å²) in [7, 11) is 2.66. The highest BCUT2D eigenvalue weighted by Gasteiger charge is 2.45. The zero-order valence-electron chi connectivity index (χ0n) is 21.4. The molecule has 1 fully saturated rings. The predicted octanol–water partition coefficient (Wildman–Crippen LogP) is 1.35. The number of hydrogen-bond acceptors (Lipinski definition) is 10. The van der Waals surface area contributed by atoms with Crippen molar-refractivity contribution >= 4 is 23.5 Å². The lowest BCUT2D eigenvalue weighted by Gasteiger charge is -2.41. The smallest absolute Gasteiger partial charge is 0.303 e. The summed E-state index contributed by atoms with van der Waals surface area (Å²) in [5, 5.41) is 41.4. The zero-order valence-corrected chi connectivity index (χ0v) is 22.2. The summed E-state index contributed by atoms with van der Waals surface area (Å²) in [6.07, 6.45) is -4.75. The van der Waals surface area contributed by atoms with E-state index >= 15 is 0 Å². The second kappa shape index (κ2) is 14.3. The number of rotatable bonds is 13. The Morgan fingerprint density at radius 3 is 2.51 bits per heavy atom. The van der Waals surface area contributed by atoms with Crippen molar-refractivity contribution in [1.82, 2.24) is 5.32 Å². The van der Waals surface area contributed by atoms with Crippen molar-refractivity contribution < 1.29 is 53.7 Å². The van der Waals surface area contributed by atoms with Gasteiger partial charge >= 0.3 is 5.97 Å². The average molecular weight is 570 g/mol. The summed E-state index contributed by atoms with van der Waals surface area (Å²) in [5.74, 6) is -0.620. The molecule has 12 nitrogen and oxygen atoms in total. The number of nitrogens with one attached hydrogen (secondary N) is 1. The maximum absolute atomic E-state index is 13.1. The highest BCUT2D eigenvalue weighted by molar-refractivity contribution is 6.32. The third-order valence-electron chi connectivity index (χ3n) is 6.01. The lowest BCUT2D eigenvalue weighted by molar-refractivity contribution is -0.261. The molecule has 0 spiro atoms. The molecule has 39 heavy (non-hydrogen) atoms. The number of ether oxygens (including phenoxy) is 5. The van der Waals surface area contributed by atoms with E-state index in [1.54, 1.807) is 18.2 Å². The van der Waals surface area contributed by atoms with Gasteiger partial charge in [-0.25, -0.2) is 0 Å². The van der Waals surface area contributed by atoms with Gasteiger partial charge in [-0.2, -0.15) is 0 Å². The second-order valence-electron chi connectivity index (χ2n) is 8.71. The molecule has 3 rings (SSSR count). The Kier molecular flexibility index (Phi) is 11.2. The van der Waals surface area contributed by atoms with Gasteiger partial charge in [-0.3, -0.25) is 9.59 Å². The number of carbonyl (C=O) groups excluding carboxylic acids is 1. The molecule has 5 atom stereocenters. The van der Waals surface area contributed by atoms with Crippen molar-refractivity contribution in [2.24, 2.45) is 0 Å². The van der Waals surface area contributed by atoms with Crippen LogP contribution in [0.1, 0.15) is 28.8 Å². The van der Waals surface area contributed by atoms with Crippen LogP contribution in [-0.2, 0) is 20.9 Å². The van der Waals surface area contributed by atoms with E-state index in [9.17, 15) is 24.9 Å². The third-order valence-corrected chi connectivity index (χ3v) is 6.30. The molecule has 0 unspecified atom stereocenters. The minimum atomic E-state index is -1.48. The zero-order chi connectivity index (χ0) is 28.5. The van der Waals surface area contributed by atoms with Gasteiger partial charge in [0, 0.05) is 19.6 Å². The van der Waals surface area contributed by atoms with Crippen LogP contribution in [0.4, 0.5) is 0 Å². The van der Waals surface area contributed by atoms with Gasteiger partial charge in [0.05, 0.1) is 30.9 Å². The lowest BCUT2D eigenvalue weighted by atomic mass is 9.96. The van der Waals surface area contributed by atoms with E-state index in [2.05, 4.69) is 5.32 Å². The van der Waals surface area contributed by atoms with E-state index in [0.717, 1.165) is 5.56 Å². The van der Waals surface area contributed by atoms with Crippen molar-refractivity contribution in [2.75, 3.05) is 27.4 Å². The molecular formula is C26H32ClNO11. The van der Waals surface area contributed by atoms with E-state index in [0.29, 0.717) is 12.2 Å². The number of carboxylic acids is 1. The largest absolute Gasteiger partial charge is 0.496 e. The minimum Gasteiger partial charge on any atom is -0.496 e. The van der Waals surface area contributed by atoms with Gasteiger partial charge in [-0.05, 0) is 30.2 Å². The molecule has 0 aliphatic carbocycles. The van der Waals surface area contributed by atoms with Crippen LogP contribution < -0.4 is 19.5 Å². The first-order chi connectivity index (χ1) is 18.7. The van der Waals surface area contributed by atoms with Crippen molar-refractivity contribution in [3.63, 3.8) is 0 Å². The Balaban J connectivity index is 1.68. The molecular weight excluding hydrogens is 538 g/mol. The summed E-state index contributed by atoms with van der Waals surface area (Å²) in [6, 6.07) is 8.73. The van der Waals surface area contributed by atoms with Crippen molar-refractivity contribution in [3.05, 3.63) is 52.5 Å². The second-order valence-corrected chi connectivity index (χ2v) is 9.11. The van der Waals surface area contributed by atoms with E-state index in [-0.39, 0.29) is 41.7 Å². The van der Waals surface area contributed by atoms with Crippen LogP contribution in [0.5, 0.6) is 17.2 Å². The van der Waals surface area contributed by atoms with Crippen LogP contribution in [0.2, 0.25) is 5.02 Å². The van der Waals surface area contributed by atoms with Crippen LogP contribution in [0.3, 0.4) is 0 Å². The topological polar surface area (TPSA) is 173 Å². The lowest BCUT2D eigenvalue weighted by Crippen LogP contribution is -2.64. The standard InChI is InChI=1S/C26H32ClNO11/c1-35-18-11-19(38-13-14-5-3-6-15(9-14)37-8-4-7-21(30)31)17(27)10-16(18)25(34)28-22-24(33)23(32)20(12-29)39-26(22)36-2/h3,5-6,9-11,20,22-24,26,29,32-33H,4,7-8,12-13H2,1-2H3,(H,28,34)(H,30,31)/t20-,22-,23-,24-,26+/m1/s1. The third kappa shape index (κ3) is 7.94. The SMILES string of the molecule is COc1cc(OCc2cccc(OCCCC(=O)O)c2)c(Cl)cc1C(=O)N[C@H]1[C@@H](OC)O[C@H](CO)[C@@H](O)[C@@H]1O. The van der Waals surface area contributed by atoms with Crippen molar-refractivity contribution in [1.29, 1.82) is 0 Å². The Morgan fingerprint density at radius 1 is 1.08 bits per heavy atom. The van der Waals surface area contributed by atoms with Crippen LogP contribution in [0.25, 0.3) is 0 Å². The molecule has 1 aliphatic rings. The number of hydrogen-bond donors (Lipinski definition) is 5. The fourth-order valence-electron chi connectivity index (χ4n) is 3.96. The molecule has 2 aromatic carbocycles. The molecule has 0 saturated carbocycles. The van der Waals surface area contributed by atoms with Gasteiger partial charge in [0.2, 0.25) is 0 Å². The molecule has 2 aromatic rings. The molecule has 214 valence electrons. The molecule has 13 heteroatoms. The Hall–Kier alpha value is -3.13.